The van der Waals surface area contributed by atoms with E-state index in [9.17, 15) is 0 Å². The normalized spacial score (nSPS) is 49.2. The summed E-state index contributed by atoms with van der Waals surface area (Å²) in [6.07, 6.45) is -2.70. The van der Waals surface area contributed by atoms with Gasteiger partial charge in [0, 0.05) is 12.6 Å². The molecule has 0 aromatic heterocycles. The summed E-state index contributed by atoms with van der Waals surface area (Å²) in [4.78, 5) is 0. The number of β-amino-alcohol motifs (C(OH)–C–C–N with tert-alkyl or cyclic N) is 1. The van der Waals surface area contributed by atoms with Gasteiger partial charge in [-0.1, -0.05) is 0 Å². The Hall–Kier alpha value is -0.160. The van der Waals surface area contributed by atoms with Gasteiger partial charge in [0.1, 0.15) is 6.10 Å². The Labute approximate surface area is 59.5 Å². The molecule has 4 nitrogen and oxygen atoms in total. The summed E-state index contributed by atoms with van der Waals surface area (Å²) >= 11 is 0. The highest BCUT2D eigenvalue weighted by molar-refractivity contribution is 4.89. The van der Waals surface area contributed by atoms with Crippen LogP contribution in [-0.2, 0) is 0 Å². The maximum absolute atomic E-state index is 9.14. The zero-order valence-electron chi connectivity index (χ0n) is 5.86. The monoisotopic (exact) mass is 147 g/mol. The lowest BCUT2D eigenvalue weighted by molar-refractivity contribution is -0.0910. The van der Waals surface area contributed by atoms with Crippen molar-refractivity contribution in [1.29, 1.82) is 0 Å². The molecule has 4 heteroatoms. The molecule has 0 amide bonds. The first-order valence-corrected chi connectivity index (χ1v) is 3.40. The maximum atomic E-state index is 9.14. The standard InChI is InChI=1S/C6H13NO3/c1-3-5(9)6(10)4(8)2-7-3/h3-10H,2H2,1H3/t3-,4+,5-,6+/m0/s1. The molecule has 0 saturated carbocycles. The Morgan fingerprint density at radius 3 is 2.30 bits per heavy atom. The van der Waals surface area contributed by atoms with E-state index >= 15 is 0 Å². The van der Waals surface area contributed by atoms with Crippen molar-refractivity contribution >= 4 is 0 Å². The Balaban J connectivity index is 2.52. The Morgan fingerprint density at radius 2 is 1.80 bits per heavy atom. The van der Waals surface area contributed by atoms with E-state index in [1.807, 2.05) is 0 Å². The highest BCUT2D eigenvalue weighted by Gasteiger charge is 2.33. The van der Waals surface area contributed by atoms with Crippen LogP contribution in [0.3, 0.4) is 0 Å². The quantitative estimate of drug-likeness (QED) is 0.322. The van der Waals surface area contributed by atoms with Crippen molar-refractivity contribution in [2.45, 2.75) is 31.3 Å². The zero-order chi connectivity index (χ0) is 7.72. The van der Waals surface area contributed by atoms with Crippen molar-refractivity contribution < 1.29 is 15.3 Å². The van der Waals surface area contributed by atoms with Crippen LogP contribution in [0.1, 0.15) is 6.92 Å². The van der Waals surface area contributed by atoms with Gasteiger partial charge in [-0.25, -0.2) is 0 Å². The minimum absolute atomic E-state index is 0.140. The SMILES string of the molecule is C[C@@H]1NC[C@@H](O)[C@@H](O)[C@H]1O. The molecule has 1 fully saturated rings. The van der Waals surface area contributed by atoms with E-state index in [1.54, 1.807) is 6.92 Å². The van der Waals surface area contributed by atoms with Crippen molar-refractivity contribution in [2.75, 3.05) is 6.54 Å². The first-order chi connectivity index (χ1) is 4.63. The summed E-state index contributed by atoms with van der Waals surface area (Å²) in [5.74, 6) is 0. The molecule has 0 bridgehead atoms. The first kappa shape index (κ1) is 7.94. The smallest absolute Gasteiger partial charge is 0.108 e. The summed E-state index contributed by atoms with van der Waals surface area (Å²) < 4.78 is 0. The van der Waals surface area contributed by atoms with Gasteiger partial charge in [0.15, 0.2) is 0 Å². The summed E-state index contributed by atoms with van der Waals surface area (Å²) in [6, 6.07) is -0.140. The van der Waals surface area contributed by atoms with Crippen molar-refractivity contribution in [3.8, 4) is 0 Å². The molecule has 4 N–H and O–H groups in total. The van der Waals surface area contributed by atoms with E-state index in [4.69, 9.17) is 15.3 Å². The van der Waals surface area contributed by atoms with Gasteiger partial charge >= 0.3 is 0 Å². The summed E-state index contributed by atoms with van der Waals surface area (Å²) in [6.45, 7) is 2.11. The predicted molar refractivity (Wildman–Crippen MR) is 35.5 cm³/mol. The average molecular weight is 147 g/mol. The third-order valence-corrected chi connectivity index (χ3v) is 1.91. The second kappa shape index (κ2) is 2.84. The summed E-state index contributed by atoms with van der Waals surface area (Å²) in [5.41, 5.74) is 0. The number of rotatable bonds is 0. The minimum Gasteiger partial charge on any atom is -0.389 e. The molecule has 10 heavy (non-hydrogen) atoms. The van der Waals surface area contributed by atoms with Crippen LogP contribution >= 0.6 is 0 Å². The van der Waals surface area contributed by atoms with Crippen LogP contribution in [0.2, 0.25) is 0 Å². The molecular weight excluding hydrogens is 134 g/mol. The topological polar surface area (TPSA) is 72.7 Å². The maximum Gasteiger partial charge on any atom is 0.108 e. The summed E-state index contributed by atoms with van der Waals surface area (Å²) in [5, 5.41) is 30.1. The molecule has 1 saturated heterocycles. The molecule has 1 aliphatic heterocycles. The van der Waals surface area contributed by atoms with E-state index < -0.39 is 18.3 Å². The Bertz CT molecular complexity index is 106. The minimum atomic E-state index is -1.00. The highest BCUT2D eigenvalue weighted by atomic mass is 16.4. The third-order valence-electron chi connectivity index (χ3n) is 1.91. The molecule has 4 atom stereocenters. The highest BCUT2D eigenvalue weighted by Crippen LogP contribution is 2.09. The first-order valence-electron chi connectivity index (χ1n) is 3.40. The molecule has 0 unspecified atom stereocenters. The zero-order valence-corrected chi connectivity index (χ0v) is 5.86. The lowest BCUT2D eigenvalue weighted by Gasteiger charge is -2.33. The molecule has 1 aliphatic rings. The van der Waals surface area contributed by atoms with Gasteiger partial charge in [-0.3, -0.25) is 0 Å². The lowest BCUT2D eigenvalue weighted by Crippen LogP contribution is -2.58. The van der Waals surface area contributed by atoms with E-state index in [1.165, 1.54) is 0 Å². The number of piperidine rings is 1. The Morgan fingerprint density at radius 1 is 1.20 bits per heavy atom. The fourth-order valence-corrected chi connectivity index (χ4v) is 1.07. The second-order valence-electron chi connectivity index (χ2n) is 2.75. The third kappa shape index (κ3) is 1.29. The van der Waals surface area contributed by atoms with Gasteiger partial charge in [0.25, 0.3) is 0 Å². The second-order valence-corrected chi connectivity index (χ2v) is 2.75. The molecular formula is C6H13NO3. The number of hydrogen-bond acceptors (Lipinski definition) is 4. The van der Waals surface area contributed by atoms with E-state index in [-0.39, 0.29) is 6.04 Å². The Kier molecular flexibility index (Phi) is 2.25. The van der Waals surface area contributed by atoms with Gasteiger partial charge in [0.05, 0.1) is 12.2 Å². The van der Waals surface area contributed by atoms with Crippen molar-refractivity contribution in [3.05, 3.63) is 0 Å². The molecule has 0 spiro atoms. The fourth-order valence-electron chi connectivity index (χ4n) is 1.07. The molecule has 1 heterocycles. The molecule has 0 aromatic rings. The molecule has 0 radical (unpaired) electrons. The van der Waals surface area contributed by atoms with Gasteiger partial charge in [0.2, 0.25) is 0 Å². The van der Waals surface area contributed by atoms with E-state index in [0.29, 0.717) is 6.54 Å². The number of nitrogens with one attached hydrogen (secondary N) is 1. The van der Waals surface area contributed by atoms with Gasteiger partial charge in [-0.2, -0.15) is 0 Å². The molecule has 1 rings (SSSR count). The van der Waals surface area contributed by atoms with Crippen molar-refractivity contribution in [1.82, 2.24) is 5.32 Å². The van der Waals surface area contributed by atoms with Crippen LogP contribution in [0.25, 0.3) is 0 Å². The number of hydrogen-bond donors (Lipinski definition) is 4. The largest absolute Gasteiger partial charge is 0.389 e. The van der Waals surface area contributed by atoms with Crippen molar-refractivity contribution in [2.24, 2.45) is 0 Å². The number of aliphatic hydroxyl groups is 3. The molecule has 0 aliphatic carbocycles. The van der Waals surface area contributed by atoms with Gasteiger partial charge in [-0.15, -0.1) is 0 Å². The van der Waals surface area contributed by atoms with Crippen LogP contribution in [0, 0.1) is 0 Å². The predicted octanol–water partition coefficient (Wildman–Crippen LogP) is -1.94. The summed E-state index contributed by atoms with van der Waals surface area (Å²) in [7, 11) is 0. The van der Waals surface area contributed by atoms with Crippen molar-refractivity contribution in [3.63, 3.8) is 0 Å². The van der Waals surface area contributed by atoms with Gasteiger partial charge < -0.3 is 20.6 Å². The van der Waals surface area contributed by atoms with Crippen LogP contribution in [-0.4, -0.2) is 46.2 Å². The van der Waals surface area contributed by atoms with Gasteiger partial charge in [-0.05, 0) is 6.92 Å². The van der Waals surface area contributed by atoms with Crippen LogP contribution in [0.4, 0.5) is 0 Å². The van der Waals surface area contributed by atoms with E-state index in [0.717, 1.165) is 0 Å². The number of aliphatic hydroxyl groups excluding tert-OH is 3. The van der Waals surface area contributed by atoms with Crippen LogP contribution in [0.15, 0.2) is 0 Å². The van der Waals surface area contributed by atoms with E-state index in [2.05, 4.69) is 5.32 Å². The van der Waals surface area contributed by atoms with Crippen LogP contribution < -0.4 is 5.32 Å². The lowest BCUT2D eigenvalue weighted by atomic mass is 9.98. The molecule has 60 valence electrons. The molecule has 0 aromatic carbocycles. The van der Waals surface area contributed by atoms with Crippen LogP contribution in [0.5, 0.6) is 0 Å². The fraction of sp³-hybridized carbons (Fsp3) is 1.00. The average Bonchev–Trinajstić information content (AvgIpc) is 1.93.